The molecular weight excluding hydrogens is 340 g/mol. The highest BCUT2D eigenvalue weighted by Gasteiger charge is 2.27. The van der Waals surface area contributed by atoms with Crippen molar-refractivity contribution in [2.75, 3.05) is 31.1 Å². The lowest BCUT2D eigenvalue weighted by molar-refractivity contribution is -0.384. The number of carbonyl (C=O) groups excluding carboxylic acids is 1. The summed E-state index contributed by atoms with van der Waals surface area (Å²) in [4.78, 5) is 30.1. The quantitative estimate of drug-likeness (QED) is 0.467. The Morgan fingerprint density at radius 2 is 2.14 bits per heavy atom. The van der Waals surface area contributed by atoms with Crippen molar-refractivity contribution in [1.29, 1.82) is 0 Å². The minimum Gasteiger partial charge on any atom is -0.362 e. The summed E-state index contributed by atoms with van der Waals surface area (Å²) in [5.41, 5.74) is 0.567. The van der Waals surface area contributed by atoms with E-state index >= 15 is 0 Å². The summed E-state index contributed by atoms with van der Waals surface area (Å²) in [6.07, 6.45) is 3.55. The molecule has 7 nitrogen and oxygen atoms in total. The van der Waals surface area contributed by atoms with Gasteiger partial charge in [0, 0.05) is 32.4 Å². The van der Waals surface area contributed by atoms with Gasteiger partial charge in [-0.15, -0.1) is 0 Å². The molecule has 1 aromatic rings. The van der Waals surface area contributed by atoms with Gasteiger partial charge in [0.05, 0.1) is 9.75 Å². The molecule has 0 bridgehead atoms. The molecule has 1 amide bonds. The zero-order chi connectivity index (χ0) is 15.4. The molecular formula is C13H17BrN4O3. The number of nitrogens with zero attached hydrogens (tertiary/aromatic N) is 4. The maximum absolute atomic E-state index is 12.1. The fourth-order valence-electron chi connectivity index (χ4n) is 2.33. The Labute approximate surface area is 131 Å². The summed E-state index contributed by atoms with van der Waals surface area (Å²) >= 11 is 3.37. The molecule has 0 N–H and O–H groups in total. The second-order valence-electron chi connectivity index (χ2n) is 4.81. The Balaban J connectivity index is 2.05. The third-order valence-electron chi connectivity index (χ3n) is 3.53. The van der Waals surface area contributed by atoms with Crippen molar-refractivity contribution in [3.8, 4) is 0 Å². The van der Waals surface area contributed by atoms with E-state index in [0.29, 0.717) is 31.9 Å². The Morgan fingerprint density at radius 3 is 2.71 bits per heavy atom. The molecule has 1 aliphatic heterocycles. The lowest BCUT2D eigenvalue weighted by atomic mass is 10.2. The molecule has 0 radical (unpaired) electrons. The van der Waals surface area contributed by atoms with Crippen LogP contribution in [-0.2, 0) is 4.79 Å². The number of carbonyl (C=O) groups is 1. The van der Waals surface area contributed by atoms with E-state index in [2.05, 4.69) is 20.9 Å². The molecule has 0 spiro atoms. The molecule has 0 aromatic carbocycles. The summed E-state index contributed by atoms with van der Waals surface area (Å²) in [6.45, 7) is 4.26. The number of halogens is 1. The standard InChI is InChI=1S/C13H17BrN4O3/c1-2-10(14)13(19)17-7-5-16(6-8-17)11-3-4-15-9-12(11)18(20)21/h3-4,9-10H,2,5-8H2,1H3. The summed E-state index contributed by atoms with van der Waals surface area (Å²) in [5, 5.41) is 11.0. The van der Waals surface area contributed by atoms with E-state index in [4.69, 9.17) is 0 Å². The molecule has 8 heteroatoms. The molecule has 114 valence electrons. The van der Waals surface area contributed by atoms with E-state index in [1.165, 1.54) is 6.20 Å². The number of nitro groups is 1. The third kappa shape index (κ3) is 3.49. The van der Waals surface area contributed by atoms with E-state index < -0.39 is 4.92 Å². The Hall–Kier alpha value is -1.70. The number of pyridine rings is 1. The highest BCUT2D eigenvalue weighted by Crippen LogP contribution is 2.27. The number of rotatable bonds is 4. The predicted molar refractivity (Wildman–Crippen MR) is 82.7 cm³/mol. The molecule has 0 saturated carbocycles. The molecule has 2 rings (SSSR count). The van der Waals surface area contributed by atoms with Gasteiger partial charge in [0.15, 0.2) is 0 Å². The van der Waals surface area contributed by atoms with Gasteiger partial charge in [-0.05, 0) is 12.5 Å². The molecule has 1 fully saturated rings. The smallest absolute Gasteiger partial charge is 0.310 e. The maximum atomic E-state index is 12.1. The van der Waals surface area contributed by atoms with Gasteiger partial charge in [-0.3, -0.25) is 19.9 Å². The van der Waals surface area contributed by atoms with Crippen LogP contribution in [0, 0.1) is 10.1 Å². The Kier molecular flexibility index (Phi) is 5.11. The van der Waals surface area contributed by atoms with Gasteiger partial charge < -0.3 is 9.80 Å². The van der Waals surface area contributed by atoms with Crippen molar-refractivity contribution in [2.45, 2.75) is 18.2 Å². The highest BCUT2D eigenvalue weighted by atomic mass is 79.9. The summed E-state index contributed by atoms with van der Waals surface area (Å²) in [7, 11) is 0. The SMILES string of the molecule is CCC(Br)C(=O)N1CCN(c2ccncc2[N+](=O)[O-])CC1. The van der Waals surface area contributed by atoms with Crippen LogP contribution >= 0.6 is 15.9 Å². The average molecular weight is 357 g/mol. The first-order chi connectivity index (χ1) is 10.0. The summed E-state index contributed by atoms with van der Waals surface area (Å²) < 4.78 is 0. The number of amides is 1. The van der Waals surface area contributed by atoms with Gasteiger partial charge in [-0.2, -0.15) is 0 Å². The maximum Gasteiger partial charge on any atom is 0.310 e. The van der Waals surface area contributed by atoms with E-state index in [-0.39, 0.29) is 16.4 Å². The van der Waals surface area contributed by atoms with Crippen molar-refractivity contribution in [2.24, 2.45) is 0 Å². The normalized spacial score (nSPS) is 16.7. The predicted octanol–water partition coefficient (Wildman–Crippen LogP) is 1.81. The number of anilines is 1. The van der Waals surface area contributed by atoms with Crippen molar-refractivity contribution in [3.05, 3.63) is 28.6 Å². The molecule has 1 aromatic heterocycles. The fourth-order valence-corrected chi connectivity index (χ4v) is 2.62. The second kappa shape index (κ2) is 6.84. The molecule has 1 aliphatic rings. The lowest BCUT2D eigenvalue weighted by Crippen LogP contribution is -2.50. The van der Waals surface area contributed by atoms with E-state index in [0.717, 1.165) is 6.42 Å². The largest absolute Gasteiger partial charge is 0.362 e. The molecule has 21 heavy (non-hydrogen) atoms. The zero-order valence-electron chi connectivity index (χ0n) is 11.7. The molecule has 1 unspecified atom stereocenters. The Bertz CT molecular complexity index is 532. The van der Waals surface area contributed by atoms with Crippen molar-refractivity contribution in [3.63, 3.8) is 0 Å². The number of alkyl halides is 1. The number of hydrogen-bond donors (Lipinski definition) is 0. The first kappa shape index (κ1) is 15.7. The van der Waals surface area contributed by atoms with Crippen molar-refractivity contribution >= 4 is 33.2 Å². The van der Waals surface area contributed by atoms with Crippen molar-refractivity contribution in [1.82, 2.24) is 9.88 Å². The minimum atomic E-state index is -0.425. The fraction of sp³-hybridized carbons (Fsp3) is 0.538. The van der Waals surface area contributed by atoms with Crippen LogP contribution in [0.1, 0.15) is 13.3 Å². The van der Waals surface area contributed by atoms with Gasteiger partial charge in [0.25, 0.3) is 0 Å². The van der Waals surface area contributed by atoms with Crippen LogP contribution < -0.4 is 4.90 Å². The van der Waals surface area contributed by atoms with Crippen LogP contribution in [0.3, 0.4) is 0 Å². The van der Waals surface area contributed by atoms with Gasteiger partial charge in [-0.1, -0.05) is 22.9 Å². The third-order valence-corrected chi connectivity index (χ3v) is 4.57. The van der Waals surface area contributed by atoms with Crippen LogP contribution in [-0.4, -0.2) is 51.7 Å². The monoisotopic (exact) mass is 356 g/mol. The molecule has 0 aliphatic carbocycles. The summed E-state index contributed by atoms with van der Waals surface area (Å²) in [6, 6.07) is 1.65. The molecule has 1 atom stereocenters. The van der Waals surface area contributed by atoms with Crippen molar-refractivity contribution < 1.29 is 9.72 Å². The van der Waals surface area contributed by atoms with Crippen LogP contribution in [0.2, 0.25) is 0 Å². The van der Waals surface area contributed by atoms with Crippen LogP contribution in [0.15, 0.2) is 18.5 Å². The number of hydrogen-bond acceptors (Lipinski definition) is 5. The zero-order valence-corrected chi connectivity index (χ0v) is 13.3. The van der Waals surface area contributed by atoms with Gasteiger partial charge in [0.2, 0.25) is 5.91 Å². The van der Waals surface area contributed by atoms with E-state index in [1.807, 2.05) is 11.8 Å². The first-order valence-electron chi connectivity index (χ1n) is 6.80. The Morgan fingerprint density at radius 1 is 1.48 bits per heavy atom. The van der Waals surface area contributed by atoms with Crippen LogP contribution in [0.5, 0.6) is 0 Å². The number of piperazine rings is 1. The highest BCUT2D eigenvalue weighted by molar-refractivity contribution is 9.10. The number of aromatic nitrogens is 1. The van der Waals surface area contributed by atoms with Crippen LogP contribution in [0.4, 0.5) is 11.4 Å². The summed E-state index contributed by atoms with van der Waals surface area (Å²) in [5.74, 6) is 0.0846. The van der Waals surface area contributed by atoms with E-state index in [9.17, 15) is 14.9 Å². The average Bonchev–Trinajstić information content (AvgIpc) is 2.53. The topological polar surface area (TPSA) is 79.6 Å². The van der Waals surface area contributed by atoms with Crippen LogP contribution in [0.25, 0.3) is 0 Å². The minimum absolute atomic E-state index is 0.00389. The lowest BCUT2D eigenvalue weighted by Gasteiger charge is -2.36. The van der Waals surface area contributed by atoms with Gasteiger partial charge in [-0.25, -0.2) is 0 Å². The van der Waals surface area contributed by atoms with Gasteiger partial charge in [0.1, 0.15) is 11.9 Å². The molecule has 1 saturated heterocycles. The van der Waals surface area contributed by atoms with E-state index in [1.54, 1.807) is 17.2 Å². The first-order valence-corrected chi connectivity index (χ1v) is 7.72. The van der Waals surface area contributed by atoms with Gasteiger partial charge >= 0.3 is 5.69 Å². The molecule has 2 heterocycles. The second-order valence-corrected chi connectivity index (χ2v) is 5.91.